The largest absolute Gasteiger partial charge is 0.465 e. The molecule has 0 spiro atoms. The first-order valence-electron chi connectivity index (χ1n) is 7.04. The summed E-state index contributed by atoms with van der Waals surface area (Å²) in [4.78, 5) is 38.6. The van der Waals surface area contributed by atoms with E-state index < -0.39 is 17.4 Å². The Bertz CT molecular complexity index is 837. The second-order valence-electron chi connectivity index (χ2n) is 5.31. The van der Waals surface area contributed by atoms with Crippen LogP contribution in [-0.4, -0.2) is 24.0 Å². The Labute approximate surface area is 133 Å². The number of aromatic nitrogens is 1. The first kappa shape index (κ1) is 16.5. The quantitative estimate of drug-likeness (QED) is 0.851. The number of esters is 1. The van der Waals surface area contributed by atoms with Crippen LogP contribution < -0.4 is 10.9 Å². The normalized spacial score (nSPS) is 10.3. The fourth-order valence-corrected chi connectivity index (χ4v) is 2.17. The molecule has 0 radical (unpaired) electrons. The summed E-state index contributed by atoms with van der Waals surface area (Å²) in [6, 6.07) is 6.88. The molecule has 1 aromatic heterocycles. The summed E-state index contributed by atoms with van der Waals surface area (Å²) in [6.07, 6.45) is 0. The van der Waals surface area contributed by atoms with Gasteiger partial charge in [0.25, 0.3) is 11.5 Å². The highest BCUT2D eigenvalue weighted by molar-refractivity contribution is 6.05. The van der Waals surface area contributed by atoms with Gasteiger partial charge in [0.2, 0.25) is 0 Å². The maximum Gasteiger partial charge on any atom is 0.339 e. The molecule has 2 rings (SSSR count). The predicted octanol–water partition coefficient (Wildman–Crippen LogP) is 2.34. The van der Waals surface area contributed by atoms with Crippen LogP contribution in [0.2, 0.25) is 0 Å². The minimum atomic E-state index is -0.612. The van der Waals surface area contributed by atoms with Crippen LogP contribution in [0.4, 0.5) is 5.69 Å². The Morgan fingerprint density at radius 2 is 1.78 bits per heavy atom. The second kappa shape index (κ2) is 6.48. The van der Waals surface area contributed by atoms with Gasteiger partial charge < -0.3 is 15.0 Å². The number of H-pyrrole nitrogens is 1. The van der Waals surface area contributed by atoms with E-state index >= 15 is 0 Å². The van der Waals surface area contributed by atoms with Gasteiger partial charge >= 0.3 is 5.97 Å². The highest BCUT2D eigenvalue weighted by atomic mass is 16.5. The molecule has 1 aromatic carbocycles. The van der Waals surface area contributed by atoms with Crippen LogP contribution in [0.15, 0.2) is 29.1 Å². The number of pyridine rings is 1. The summed E-state index contributed by atoms with van der Waals surface area (Å²) in [6.45, 7) is 5.33. The van der Waals surface area contributed by atoms with E-state index in [4.69, 9.17) is 0 Å². The van der Waals surface area contributed by atoms with Crippen LogP contribution in [0.25, 0.3) is 0 Å². The smallest absolute Gasteiger partial charge is 0.339 e. The summed E-state index contributed by atoms with van der Waals surface area (Å²) >= 11 is 0. The molecule has 6 nitrogen and oxygen atoms in total. The van der Waals surface area contributed by atoms with Crippen LogP contribution in [0, 0.1) is 20.8 Å². The number of aromatic amines is 1. The number of amides is 1. The van der Waals surface area contributed by atoms with Crippen LogP contribution in [0.5, 0.6) is 0 Å². The minimum Gasteiger partial charge on any atom is -0.465 e. The Hall–Kier alpha value is -2.89. The standard InChI is InChI=1S/C17H18N2O4/c1-9-5-6-10(2)14(7-9)19-16(21)13-8-12(17(22)23-4)11(3)18-15(13)20/h5-8H,1-4H3,(H,18,20)(H,19,21). The highest BCUT2D eigenvalue weighted by Gasteiger charge is 2.18. The van der Waals surface area contributed by atoms with E-state index in [0.717, 1.165) is 11.1 Å². The Morgan fingerprint density at radius 1 is 1.09 bits per heavy atom. The third-order valence-corrected chi connectivity index (χ3v) is 3.53. The molecule has 0 saturated heterocycles. The summed E-state index contributed by atoms with van der Waals surface area (Å²) in [7, 11) is 1.24. The molecule has 1 heterocycles. The maximum atomic E-state index is 12.4. The van der Waals surface area contributed by atoms with Gasteiger partial charge in [-0.25, -0.2) is 4.79 Å². The third kappa shape index (κ3) is 3.48. The van der Waals surface area contributed by atoms with Gasteiger partial charge in [0.1, 0.15) is 5.56 Å². The summed E-state index contributed by atoms with van der Waals surface area (Å²) < 4.78 is 4.65. The molecule has 0 unspecified atom stereocenters. The van der Waals surface area contributed by atoms with E-state index in [1.807, 2.05) is 32.0 Å². The lowest BCUT2D eigenvalue weighted by molar-refractivity contribution is 0.0599. The molecule has 1 amide bonds. The van der Waals surface area contributed by atoms with Gasteiger partial charge in [0, 0.05) is 11.4 Å². The highest BCUT2D eigenvalue weighted by Crippen LogP contribution is 2.17. The molecule has 0 aliphatic heterocycles. The van der Waals surface area contributed by atoms with Crippen molar-refractivity contribution in [2.45, 2.75) is 20.8 Å². The van der Waals surface area contributed by atoms with Gasteiger partial charge in [-0.2, -0.15) is 0 Å². The molecule has 0 bridgehead atoms. The number of methoxy groups -OCH3 is 1. The summed E-state index contributed by atoms with van der Waals surface area (Å²) in [5.41, 5.74) is 2.28. The summed E-state index contributed by atoms with van der Waals surface area (Å²) in [5, 5.41) is 2.70. The van der Waals surface area contributed by atoms with Crippen molar-refractivity contribution in [2.75, 3.05) is 12.4 Å². The van der Waals surface area contributed by atoms with E-state index in [0.29, 0.717) is 11.4 Å². The lowest BCUT2D eigenvalue weighted by Crippen LogP contribution is -2.26. The van der Waals surface area contributed by atoms with Crippen molar-refractivity contribution in [3.05, 3.63) is 62.6 Å². The number of nitrogens with one attached hydrogen (secondary N) is 2. The maximum absolute atomic E-state index is 12.4. The van der Waals surface area contributed by atoms with Crippen molar-refractivity contribution < 1.29 is 14.3 Å². The lowest BCUT2D eigenvalue weighted by Gasteiger charge is -2.10. The zero-order chi connectivity index (χ0) is 17.1. The average molecular weight is 314 g/mol. The van der Waals surface area contributed by atoms with Gasteiger partial charge in [-0.1, -0.05) is 12.1 Å². The van der Waals surface area contributed by atoms with E-state index in [1.54, 1.807) is 6.92 Å². The van der Waals surface area contributed by atoms with Crippen LogP contribution >= 0.6 is 0 Å². The minimum absolute atomic E-state index is 0.142. The molecule has 0 atom stereocenters. The second-order valence-corrected chi connectivity index (χ2v) is 5.31. The zero-order valence-corrected chi connectivity index (χ0v) is 13.4. The van der Waals surface area contributed by atoms with Crippen molar-refractivity contribution in [2.24, 2.45) is 0 Å². The van der Waals surface area contributed by atoms with E-state index in [9.17, 15) is 14.4 Å². The van der Waals surface area contributed by atoms with E-state index in [1.165, 1.54) is 13.2 Å². The SMILES string of the molecule is COC(=O)c1cc(C(=O)Nc2cc(C)ccc2C)c(=O)[nH]c1C. The molecule has 0 saturated carbocycles. The number of hydrogen-bond acceptors (Lipinski definition) is 4. The van der Waals surface area contributed by atoms with Gasteiger partial charge in [-0.15, -0.1) is 0 Å². The van der Waals surface area contributed by atoms with Gasteiger partial charge in [-0.05, 0) is 44.0 Å². The number of ether oxygens (including phenoxy) is 1. The number of carbonyl (C=O) groups excluding carboxylic acids is 2. The lowest BCUT2D eigenvalue weighted by atomic mass is 10.1. The third-order valence-electron chi connectivity index (χ3n) is 3.53. The fraction of sp³-hybridized carbons (Fsp3) is 0.235. The van der Waals surface area contributed by atoms with Crippen LogP contribution in [-0.2, 0) is 4.74 Å². The molecule has 0 fully saturated rings. The number of aryl methyl sites for hydroxylation is 3. The van der Waals surface area contributed by atoms with Crippen molar-refractivity contribution in [1.82, 2.24) is 4.98 Å². The first-order chi connectivity index (χ1) is 10.8. The number of anilines is 1. The van der Waals surface area contributed by atoms with Gasteiger partial charge in [0.15, 0.2) is 0 Å². The first-order valence-corrected chi connectivity index (χ1v) is 7.04. The number of rotatable bonds is 3. The molecule has 6 heteroatoms. The Balaban J connectivity index is 2.41. The van der Waals surface area contributed by atoms with Crippen molar-refractivity contribution in [1.29, 1.82) is 0 Å². The molecule has 2 N–H and O–H groups in total. The van der Waals surface area contributed by atoms with Gasteiger partial charge in [0.05, 0.1) is 12.7 Å². The molecule has 23 heavy (non-hydrogen) atoms. The average Bonchev–Trinajstić information content (AvgIpc) is 2.50. The molecule has 0 aliphatic rings. The van der Waals surface area contributed by atoms with Crippen LogP contribution in [0.3, 0.4) is 0 Å². The Kier molecular flexibility index (Phi) is 4.64. The molecular weight excluding hydrogens is 296 g/mol. The van der Waals surface area contributed by atoms with Crippen molar-refractivity contribution >= 4 is 17.6 Å². The van der Waals surface area contributed by atoms with Crippen LogP contribution in [0.1, 0.15) is 37.5 Å². The van der Waals surface area contributed by atoms with Gasteiger partial charge in [-0.3, -0.25) is 9.59 Å². The molecule has 0 aliphatic carbocycles. The van der Waals surface area contributed by atoms with Crippen molar-refractivity contribution in [3.8, 4) is 0 Å². The van der Waals surface area contributed by atoms with Crippen molar-refractivity contribution in [3.63, 3.8) is 0 Å². The monoisotopic (exact) mass is 314 g/mol. The van der Waals surface area contributed by atoms with E-state index in [-0.39, 0.29) is 11.1 Å². The molecule has 120 valence electrons. The number of hydrogen-bond donors (Lipinski definition) is 2. The molecular formula is C17H18N2O4. The predicted molar refractivity (Wildman–Crippen MR) is 87.0 cm³/mol. The molecule has 2 aromatic rings. The number of benzene rings is 1. The van der Waals surface area contributed by atoms with E-state index in [2.05, 4.69) is 15.0 Å². The summed E-state index contributed by atoms with van der Waals surface area (Å²) in [5.74, 6) is -1.19. The Morgan fingerprint density at radius 3 is 2.43 bits per heavy atom. The fourth-order valence-electron chi connectivity index (χ4n) is 2.17. The number of carbonyl (C=O) groups is 2. The topological polar surface area (TPSA) is 88.3 Å². The zero-order valence-electron chi connectivity index (χ0n) is 13.4.